The molecule has 5 heteroatoms. The van der Waals surface area contributed by atoms with E-state index in [0.717, 1.165) is 60.7 Å². The second kappa shape index (κ2) is 10.4. The van der Waals surface area contributed by atoms with E-state index >= 15 is 0 Å². The average molecular weight is 456 g/mol. The van der Waals surface area contributed by atoms with Crippen LogP contribution in [0.1, 0.15) is 61.3 Å². The number of rotatable bonds is 7. The smallest absolute Gasteiger partial charge is 0.0992 e. The van der Waals surface area contributed by atoms with Gasteiger partial charge in [0.25, 0.3) is 0 Å². The van der Waals surface area contributed by atoms with Crippen molar-refractivity contribution < 1.29 is 0 Å². The highest BCUT2D eigenvalue weighted by Crippen LogP contribution is 2.37. The molecule has 0 bridgehead atoms. The van der Waals surface area contributed by atoms with Gasteiger partial charge in [0.1, 0.15) is 0 Å². The first-order valence-corrected chi connectivity index (χ1v) is 12.4. The van der Waals surface area contributed by atoms with Crippen LogP contribution < -0.4 is 15.3 Å². The zero-order valence-electron chi connectivity index (χ0n) is 20.9. The number of likely N-dealkylation sites (N-methyl/N-ethyl adjacent to an activating group) is 1. The van der Waals surface area contributed by atoms with Crippen molar-refractivity contribution in [3.8, 4) is 6.07 Å². The maximum Gasteiger partial charge on any atom is 0.0992 e. The minimum absolute atomic E-state index is 0.368. The summed E-state index contributed by atoms with van der Waals surface area (Å²) < 4.78 is 0. The lowest BCUT2D eigenvalue weighted by atomic mass is 9.94. The van der Waals surface area contributed by atoms with Gasteiger partial charge in [-0.3, -0.25) is 15.3 Å². The van der Waals surface area contributed by atoms with Gasteiger partial charge in [-0.2, -0.15) is 5.26 Å². The number of anilines is 3. The van der Waals surface area contributed by atoms with E-state index in [1.807, 2.05) is 31.2 Å². The van der Waals surface area contributed by atoms with E-state index in [4.69, 9.17) is 0 Å². The summed E-state index contributed by atoms with van der Waals surface area (Å²) in [4.78, 5) is 4.81. The van der Waals surface area contributed by atoms with E-state index in [1.54, 1.807) is 0 Å². The van der Waals surface area contributed by atoms with E-state index < -0.39 is 0 Å². The molecule has 34 heavy (non-hydrogen) atoms. The third-order valence-electron chi connectivity index (χ3n) is 7.12. The second-order valence-corrected chi connectivity index (χ2v) is 9.81. The minimum Gasteiger partial charge on any atom is -0.357 e. The van der Waals surface area contributed by atoms with Gasteiger partial charge in [0.15, 0.2) is 0 Å². The third kappa shape index (κ3) is 4.98. The fourth-order valence-electron chi connectivity index (χ4n) is 5.24. The van der Waals surface area contributed by atoms with Crippen LogP contribution in [0.3, 0.4) is 0 Å². The Morgan fingerprint density at radius 3 is 2.56 bits per heavy atom. The highest BCUT2D eigenvalue weighted by molar-refractivity contribution is 5.80. The van der Waals surface area contributed by atoms with E-state index in [9.17, 15) is 5.26 Å². The van der Waals surface area contributed by atoms with Crippen LogP contribution >= 0.6 is 0 Å². The Kier molecular flexibility index (Phi) is 7.29. The van der Waals surface area contributed by atoms with E-state index in [2.05, 4.69) is 65.6 Å². The van der Waals surface area contributed by atoms with Gasteiger partial charge in [0.2, 0.25) is 0 Å². The SMILES string of the molecule is C=Cc1cc(C)c(N2CCN(C)C2)cc1N(Nc1cc(C#N)ccc1C(=C)C)C1CCCCC1. The van der Waals surface area contributed by atoms with Crippen molar-refractivity contribution in [3.63, 3.8) is 0 Å². The number of hydrogen-bond donors (Lipinski definition) is 1. The zero-order chi connectivity index (χ0) is 24.2. The van der Waals surface area contributed by atoms with Gasteiger partial charge in [0, 0.05) is 24.3 Å². The molecule has 0 spiro atoms. The number of nitrogens with one attached hydrogen (secondary N) is 1. The highest BCUT2D eigenvalue weighted by Gasteiger charge is 2.27. The first-order chi connectivity index (χ1) is 16.4. The zero-order valence-corrected chi connectivity index (χ0v) is 20.9. The maximum atomic E-state index is 9.55. The molecule has 2 aromatic rings. The molecule has 1 saturated carbocycles. The van der Waals surface area contributed by atoms with Gasteiger partial charge in [-0.05, 0) is 74.7 Å². The third-order valence-corrected chi connectivity index (χ3v) is 7.12. The summed E-state index contributed by atoms with van der Waals surface area (Å²) in [5, 5.41) is 11.9. The summed E-state index contributed by atoms with van der Waals surface area (Å²) in [6, 6.07) is 13.1. The molecule has 0 aromatic heterocycles. The van der Waals surface area contributed by atoms with Crippen molar-refractivity contribution in [2.75, 3.05) is 42.1 Å². The molecule has 1 aliphatic carbocycles. The molecular weight excluding hydrogens is 418 g/mol. The predicted octanol–water partition coefficient (Wildman–Crippen LogP) is 6.42. The van der Waals surface area contributed by atoms with E-state index in [1.165, 1.54) is 30.5 Å². The van der Waals surface area contributed by atoms with Gasteiger partial charge in [-0.25, -0.2) is 0 Å². The maximum absolute atomic E-state index is 9.55. The molecule has 1 saturated heterocycles. The van der Waals surface area contributed by atoms with Crippen LogP contribution in [-0.2, 0) is 0 Å². The number of hydrogen-bond acceptors (Lipinski definition) is 5. The summed E-state index contributed by atoms with van der Waals surface area (Å²) >= 11 is 0. The number of nitrogens with zero attached hydrogens (tertiary/aromatic N) is 4. The normalized spacial score (nSPS) is 16.8. The molecule has 0 atom stereocenters. The quantitative estimate of drug-likeness (QED) is 0.488. The first kappa shape index (κ1) is 23.9. The fraction of sp³-hybridized carbons (Fsp3) is 0.414. The lowest BCUT2D eigenvalue weighted by Gasteiger charge is -2.39. The van der Waals surface area contributed by atoms with Crippen molar-refractivity contribution in [1.29, 1.82) is 5.26 Å². The van der Waals surface area contributed by atoms with Crippen LogP contribution in [0.15, 0.2) is 43.5 Å². The largest absolute Gasteiger partial charge is 0.357 e. The van der Waals surface area contributed by atoms with Crippen LogP contribution in [0.5, 0.6) is 0 Å². The summed E-state index contributed by atoms with van der Waals surface area (Å²) in [5.74, 6) is 0. The number of benzene rings is 2. The van der Waals surface area contributed by atoms with Crippen LogP contribution in [0.25, 0.3) is 11.6 Å². The molecule has 2 fully saturated rings. The first-order valence-electron chi connectivity index (χ1n) is 12.4. The molecule has 1 heterocycles. The van der Waals surface area contributed by atoms with Crippen molar-refractivity contribution in [1.82, 2.24) is 4.90 Å². The van der Waals surface area contributed by atoms with Crippen molar-refractivity contribution in [2.24, 2.45) is 0 Å². The monoisotopic (exact) mass is 455 g/mol. The number of hydrazine groups is 1. The molecule has 1 N–H and O–H groups in total. The Hall–Kier alpha value is -3.23. The molecular formula is C29H37N5. The van der Waals surface area contributed by atoms with E-state index in [0.29, 0.717) is 11.6 Å². The molecule has 5 nitrogen and oxygen atoms in total. The van der Waals surface area contributed by atoms with Crippen LogP contribution in [-0.4, -0.2) is 37.7 Å². The Balaban J connectivity index is 1.82. The topological polar surface area (TPSA) is 45.5 Å². The molecule has 0 amide bonds. The Labute approximate surface area is 204 Å². The second-order valence-electron chi connectivity index (χ2n) is 9.81. The standard InChI is InChI=1S/C29H37N5/c1-6-24-16-22(4)28(33-15-14-32(5)20-33)18-29(24)34(25-10-8-7-9-11-25)31-27-17-23(19-30)12-13-26(27)21(2)3/h6,12-13,16-18,25,31H,1-2,7-11,14-15,20H2,3-5H3. The lowest BCUT2D eigenvalue weighted by Crippen LogP contribution is -2.42. The van der Waals surface area contributed by atoms with Crippen molar-refractivity contribution in [3.05, 3.63) is 65.7 Å². The van der Waals surface area contributed by atoms with Crippen molar-refractivity contribution in [2.45, 2.75) is 52.0 Å². The molecule has 178 valence electrons. The van der Waals surface area contributed by atoms with Gasteiger partial charge in [-0.15, -0.1) is 0 Å². The Morgan fingerprint density at radius 2 is 1.94 bits per heavy atom. The summed E-state index contributed by atoms with van der Waals surface area (Å²) in [7, 11) is 2.17. The number of aryl methyl sites for hydroxylation is 1. The summed E-state index contributed by atoms with van der Waals surface area (Å²) in [6.07, 6.45) is 7.99. The van der Waals surface area contributed by atoms with Crippen LogP contribution in [0, 0.1) is 18.3 Å². The average Bonchev–Trinajstić information content (AvgIpc) is 3.28. The highest BCUT2D eigenvalue weighted by atomic mass is 15.5. The minimum atomic E-state index is 0.368. The predicted molar refractivity (Wildman–Crippen MR) is 145 cm³/mol. The van der Waals surface area contributed by atoms with Gasteiger partial charge in [0.05, 0.1) is 35.7 Å². The molecule has 1 aliphatic heterocycles. The number of nitriles is 1. The van der Waals surface area contributed by atoms with E-state index in [-0.39, 0.29) is 0 Å². The lowest BCUT2D eigenvalue weighted by molar-refractivity contribution is 0.421. The molecule has 0 unspecified atom stereocenters. The van der Waals surface area contributed by atoms with Gasteiger partial charge < -0.3 is 4.90 Å². The van der Waals surface area contributed by atoms with Gasteiger partial charge in [-0.1, -0.05) is 44.6 Å². The van der Waals surface area contributed by atoms with Gasteiger partial charge >= 0.3 is 0 Å². The number of allylic oxidation sites excluding steroid dienone is 1. The molecule has 2 aliphatic rings. The summed E-state index contributed by atoms with van der Waals surface area (Å²) in [5.41, 5.74) is 12.2. The summed E-state index contributed by atoms with van der Waals surface area (Å²) in [6.45, 7) is 15.6. The fourth-order valence-corrected chi connectivity index (χ4v) is 5.24. The van der Waals surface area contributed by atoms with Crippen LogP contribution in [0.2, 0.25) is 0 Å². The molecule has 0 radical (unpaired) electrons. The Bertz CT molecular complexity index is 1110. The molecule has 4 rings (SSSR count). The van der Waals surface area contributed by atoms with Crippen molar-refractivity contribution >= 4 is 28.7 Å². The van der Waals surface area contributed by atoms with Crippen LogP contribution in [0.4, 0.5) is 17.1 Å². The Morgan fingerprint density at radius 1 is 1.18 bits per heavy atom. The molecule has 2 aromatic carbocycles.